The minimum absolute atomic E-state index is 0.602. The van der Waals surface area contributed by atoms with E-state index in [-0.39, 0.29) is 0 Å². The molecular weight excluding hydrogens is 354 g/mol. The van der Waals surface area contributed by atoms with Crippen LogP contribution >= 0.6 is 0 Å². The first-order valence-corrected chi connectivity index (χ1v) is 9.66. The second-order valence-electron chi connectivity index (χ2n) is 6.48. The average Bonchev–Trinajstić information content (AvgIpc) is 2.76. The number of hydrogen-bond acceptors (Lipinski definition) is 5. The van der Waals surface area contributed by atoms with Crippen molar-refractivity contribution in [1.29, 1.82) is 0 Å². The first-order chi connectivity index (χ1) is 13.7. The van der Waals surface area contributed by atoms with Gasteiger partial charge in [0.25, 0.3) is 0 Å². The van der Waals surface area contributed by atoms with Gasteiger partial charge < -0.3 is 24.6 Å². The summed E-state index contributed by atoms with van der Waals surface area (Å²) in [6, 6.07) is 12.2. The second kappa shape index (κ2) is 9.82. The predicted molar refractivity (Wildman–Crippen MR) is 112 cm³/mol. The standard InChI is InChI=1S/C21H29N5O2/c1-4-28-20-17(7-6-10-23-20)16-24-21(22-2)26-13-11-25(12-14-26)18-8-5-9-19(15-18)27-3/h5-10,15H,4,11-14,16H2,1-3H3,(H,22,24). The third kappa shape index (κ3) is 4.85. The number of aliphatic imine (C=N–C) groups is 1. The van der Waals surface area contributed by atoms with Crippen LogP contribution in [0, 0.1) is 0 Å². The molecule has 0 spiro atoms. The van der Waals surface area contributed by atoms with E-state index in [0.717, 1.165) is 43.5 Å². The van der Waals surface area contributed by atoms with Gasteiger partial charge in [0.2, 0.25) is 5.88 Å². The monoisotopic (exact) mass is 383 g/mol. The molecule has 1 aliphatic heterocycles. The Morgan fingerprint density at radius 3 is 2.71 bits per heavy atom. The highest BCUT2D eigenvalue weighted by atomic mass is 16.5. The first-order valence-electron chi connectivity index (χ1n) is 9.66. The van der Waals surface area contributed by atoms with Crippen molar-refractivity contribution in [2.45, 2.75) is 13.5 Å². The maximum atomic E-state index is 5.61. The van der Waals surface area contributed by atoms with Gasteiger partial charge in [0.15, 0.2) is 5.96 Å². The van der Waals surface area contributed by atoms with E-state index < -0.39 is 0 Å². The van der Waals surface area contributed by atoms with Crippen LogP contribution in [0.15, 0.2) is 47.6 Å². The maximum absolute atomic E-state index is 5.61. The van der Waals surface area contributed by atoms with E-state index in [1.54, 1.807) is 13.3 Å². The average molecular weight is 383 g/mol. The van der Waals surface area contributed by atoms with Gasteiger partial charge in [0.05, 0.1) is 13.7 Å². The Hall–Kier alpha value is -2.96. The van der Waals surface area contributed by atoms with Crippen molar-refractivity contribution in [2.75, 3.05) is 51.8 Å². The second-order valence-corrected chi connectivity index (χ2v) is 6.48. The van der Waals surface area contributed by atoms with Crippen molar-refractivity contribution >= 4 is 11.6 Å². The minimum Gasteiger partial charge on any atom is -0.497 e. The molecule has 1 aromatic carbocycles. The van der Waals surface area contributed by atoms with Crippen LogP contribution in [-0.2, 0) is 6.54 Å². The molecule has 0 radical (unpaired) electrons. The molecule has 7 heteroatoms. The van der Waals surface area contributed by atoms with Gasteiger partial charge >= 0.3 is 0 Å². The molecule has 1 fully saturated rings. The number of ether oxygens (including phenoxy) is 2. The number of nitrogens with one attached hydrogen (secondary N) is 1. The fourth-order valence-corrected chi connectivity index (χ4v) is 3.32. The molecule has 0 atom stereocenters. The van der Waals surface area contributed by atoms with Crippen LogP contribution in [0.2, 0.25) is 0 Å². The summed E-state index contributed by atoms with van der Waals surface area (Å²) >= 11 is 0. The van der Waals surface area contributed by atoms with Gasteiger partial charge in [-0.2, -0.15) is 0 Å². The zero-order chi connectivity index (χ0) is 19.8. The topological polar surface area (TPSA) is 62.2 Å². The van der Waals surface area contributed by atoms with Gasteiger partial charge in [0.1, 0.15) is 5.75 Å². The number of piperazine rings is 1. The van der Waals surface area contributed by atoms with Crippen LogP contribution in [0.25, 0.3) is 0 Å². The largest absolute Gasteiger partial charge is 0.497 e. The summed E-state index contributed by atoms with van der Waals surface area (Å²) in [4.78, 5) is 13.4. The molecule has 28 heavy (non-hydrogen) atoms. The lowest BCUT2D eigenvalue weighted by Gasteiger charge is -2.37. The Morgan fingerprint density at radius 2 is 2.00 bits per heavy atom. The number of nitrogens with zero attached hydrogens (tertiary/aromatic N) is 4. The lowest BCUT2D eigenvalue weighted by Crippen LogP contribution is -2.52. The minimum atomic E-state index is 0.602. The Morgan fingerprint density at radius 1 is 1.18 bits per heavy atom. The van der Waals surface area contributed by atoms with Gasteiger partial charge in [-0.15, -0.1) is 0 Å². The SMILES string of the molecule is CCOc1ncccc1CNC(=NC)N1CCN(c2cccc(OC)c2)CC1. The normalized spacial score (nSPS) is 14.8. The number of rotatable bonds is 6. The van der Waals surface area contributed by atoms with E-state index in [9.17, 15) is 0 Å². The quantitative estimate of drug-likeness (QED) is 0.610. The third-order valence-electron chi connectivity index (χ3n) is 4.78. The highest BCUT2D eigenvalue weighted by molar-refractivity contribution is 5.80. The number of anilines is 1. The molecule has 1 saturated heterocycles. The zero-order valence-electron chi connectivity index (χ0n) is 16.9. The van der Waals surface area contributed by atoms with Crippen LogP contribution in [0.5, 0.6) is 11.6 Å². The van der Waals surface area contributed by atoms with Crippen molar-refractivity contribution in [1.82, 2.24) is 15.2 Å². The predicted octanol–water partition coefficient (Wildman–Crippen LogP) is 2.39. The van der Waals surface area contributed by atoms with Crippen molar-refractivity contribution in [3.05, 3.63) is 48.2 Å². The summed E-state index contributed by atoms with van der Waals surface area (Å²) in [6.07, 6.45) is 1.75. The van der Waals surface area contributed by atoms with Crippen LogP contribution in [-0.4, -0.2) is 62.8 Å². The Balaban J connectivity index is 1.57. The van der Waals surface area contributed by atoms with E-state index in [4.69, 9.17) is 9.47 Å². The van der Waals surface area contributed by atoms with Crippen molar-refractivity contribution in [3.8, 4) is 11.6 Å². The molecule has 2 heterocycles. The van der Waals surface area contributed by atoms with Crippen molar-refractivity contribution < 1.29 is 9.47 Å². The molecule has 7 nitrogen and oxygen atoms in total. The molecule has 0 aliphatic carbocycles. The number of guanidine groups is 1. The Labute approximate surface area is 167 Å². The molecule has 0 amide bonds. The number of benzene rings is 1. The highest BCUT2D eigenvalue weighted by Crippen LogP contribution is 2.22. The summed E-state index contributed by atoms with van der Waals surface area (Å²) in [5, 5.41) is 3.44. The smallest absolute Gasteiger partial charge is 0.218 e. The zero-order valence-corrected chi connectivity index (χ0v) is 16.9. The molecule has 1 aliphatic rings. The molecule has 0 unspecified atom stereocenters. The maximum Gasteiger partial charge on any atom is 0.218 e. The van der Waals surface area contributed by atoms with E-state index >= 15 is 0 Å². The van der Waals surface area contributed by atoms with E-state index in [2.05, 4.69) is 37.2 Å². The van der Waals surface area contributed by atoms with Crippen molar-refractivity contribution in [2.24, 2.45) is 4.99 Å². The lowest BCUT2D eigenvalue weighted by molar-refractivity contribution is 0.322. The third-order valence-corrected chi connectivity index (χ3v) is 4.78. The first kappa shape index (κ1) is 19.8. The number of aromatic nitrogens is 1. The molecule has 2 aromatic rings. The van der Waals surface area contributed by atoms with Gasteiger partial charge in [-0.05, 0) is 25.1 Å². The van der Waals surface area contributed by atoms with Crippen LogP contribution in [0.4, 0.5) is 5.69 Å². The molecular formula is C21H29N5O2. The molecule has 0 bridgehead atoms. The molecule has 150 valence electrons. The fraction of sp³-hybridized carbons (Fsp3) is 0.429. The lowest BCUT2D eigenvalue weighted by atomic mass is 10.2. The Kier molecular flexibility index (Phi) is 6.94. The van der Waals surface area contributed by atoms with Crippen LogP contribution in [0.3, 0.4) is 0 Å². The molecule has 0 saturated carbocycles. The number of hydrogen-bond donors (Lipinski definition) is 1. The van der Waals surface area contributed by atoms with E-state index in [0.29, 0.717) is 19.0 Å². The summed E-state index contributed by atoms with van der Waals surface area (Å²) in [6.45, 7) is 6.88. The van der Waals surface area contributed by atoms with Gasteiger partial charge in [-0.25, -0.2) is 4.98 Å². The van der Waals surface area contributed by atoms with Crippen LogP contribution < -0.4 is 19.7 Å². The molecule has 3 rings (SSSR count). The van der Waals surface area contributed by atoms with E-state index in [1.807, 2.05) is 38.2 Å². The Bertz CT molecular complexity index is 788. The summed E-state index contributed by atoms with van der Waals surface area (Å²) < 4.78 is 11.0. The fourth-order valence-electron chi connectivity index (χ4n) is 3.32. The van der Waals surface area contributed by atoms with Crippen LogP contribution in [0.1, 0.15) is 12.5 Å². The van der Waals surface area contributed by atoms with E-state index in [1.165, 1.54) is 5.69 Å². The number of pyridine rings is 1. The summed E-state index contributed by atoms with van der Waals surface area (Å²) in [7, 11) is 3.52. The van der Waals surface area contributed by atoms with Gasteiger partial charge in [-0.3, -0.25) is 4.99 Å². The number of methoxy groups -OCH3 is 1. The molecule has 1 aromatic heterocycles. The summed E-state index contributed by atoms with van der Waals surface area (Å²) in [5.41, 5.74) is 2.22. The van der Waals surface area contributed by atoms with Gasteiger partial charge in [0, 0.05) is 63.3 Å². The molecule has 1 N–H and O–H groups in total. The van der Waals surface area contributed by atoms with Gasteiger partial charge in [-0.1, -0.05) is 12.1 Å². The van der Waals surface area contributed by atoms with Crippen molar-refractivity contribution in [3.63, 3.8) is 0 Å². The highest BCUT2D eigenvalue weighted by Gasteiger charge is 2.20. The summed E-state index contributed by atoms with van der Waals surface area (Å²) in [5.74, 6) is 2.46.